The number of benzene rings is 1. The van der Waals surface area contributed by atoms with Gasteiger partial charge in [0.2, 0.25) is 15.9 Å². The second-order valence-electron chi connectivity index (χ2n) is 9.18. The summed E-state index contributed by atoms with van der Waals surface area (Å²) in [6.07, 6.45) is 4.77. The molecule has 1 amide bonds. The topological polar surface area (TPSA) is 109 Å². The highest BCUT2D eigenvalue weighted by Gasteiger charge is 2.41. The number of sulfonamides is 1. The maximum absolute atomic E-state index is 13.3. The first-order chi connectivity index (χ1) is 16.8. The third-order valence-corrected chi connectivity index (χ3v) is 7.84. The Bertz CT molecular complexity index is 1210. The van der Waals surface area contributed by atoms with E-state index in [4.69, 9.17) is 4.42 Å². The van der Waals surface area contributed by atoms with Crippen molar-refractivity contribution >= 4 is 15.9 Å². The Morgan fingerprint density at radius 3 is 2.51 bits per heavy atom. The summed E-state index contributed by atoms with van der Waals surface area (Å²) in [5, 5.41) is 2.93. The minimum absolute atomic E-state index is 0.0865. The Hall–Kier alpha value is -3.08. The first kappa shape index (κ1) is 25.0. The molecule has 1 saturated heterocycles. The summed E-state index contributed by atoms with van der Waals surface area (Å²) < 4.78 is 33.3. The summed E-state index contributed by atoms with van der Waals surface area (Å²) in [4.78, 5) is 24.4. The zero-order valence-electron chi connectivity index (χ0n) is 20.2. The SMILES string of the molecule is CC(C)CN1[C@H](C)CN(S(=O)(=O)c2ccccc2)C[C@@H]1C(=O)NCc1cnc(-c2ccco2)cn1. The number of nitrogens with one attached hydrogen (secondary N) is 1. The van der Waals surface area contributed by atoms with Crippen LogP contribution in [0.3, 0.4) is 0 Å². The highest BCUT2D eigenvalue weighted by atomic mass is 32.2. The van der Waals surface area contributed by atoms with Gasteiger partial charge in [-0.2, -0.15) is 4.31 Å². The monoisotopic (exact) mass is 497 g/mol. The number of aromatic nitrogens is 2. The normalized spacial score (nSPS) is 19.7. The first-order valence-electron chi connectivity index (χ1n) is 11.7. The van der Waals surface area contributed by atoms with Crippen LogP contribution in [0.25, 0.3) is 11.5 Å². The van der Waals surface area contributed by atoms with Crippen LogP contribution in [-0.2, 0) is 21.4 Å². The molecule has 0 spiro atoms. The molecular formula is C25H31N5O4S. The number of carbonyl (C=O) groups is 1. The molecule has 2 aromatic heterocycles. The van der Waals surface area contributed by atoms with Crippen LogP contribution in [0.15, 0.2) is 70.4 Å². The number of carbonyl (C=O) groups excluding carboxylic acids is 1. The van der Waals surface area contributed by atoms with Gasteiger partial charge in [-0.15, -0.1) is 0 Å². The van der Waals surface area contributed by atoms with E-state index in [1.54, 1.807) is 61.1 Å². The maximum Gasteiger partial charge on any atom is 0.243 e. The number of hydrogen-bond donors (Lipinski definition) is 1. The van der Waals surface area contributed by atoms with Crippen molar-refractivity contribution in [2.24, 2.45) is 5.92 Å². The van der Waals surface area contributed by atoms with Gasteiger partial charge in [-0.3, -0.25) is 14.7 Å². The van der Waals surface area contributed by atoms with Crippen molar-refractivity contribution in [3.63, 3.8) is 0 Å². The summed E-state index contributed by atoms with van der Waals surface area (Å²) >= 11 is 0. The molecule has 1 aliphatic rings. The van der Waals surface area contributed by atoms with E-state index in [-0.39, 0.29) is 29.9 Å². The van der Waals surface area contributed by atoms with Crippen molar-refractivity contribution in [1.82, 2.24) is 24.5 Å². The molecule has 1 fully saturated rings. The third-order valence-electron chi connectivity index (χ3n) is 5.99. The third kappa shape index (κ3) is 5.77. The smallest absolute Gasteiger partial charge is 0.243 e. The average Bonchev–Trinajstić information content (AvgIpc) is 3.39. The molecule has 3 aromatic rings. The highest BCUT2D eigenvalue weighted by molar-refractivity contribution is 7.89. The standard InChI is InChI=1S/C25H31N5O4S/c1-18(2)15-30-19(3)16-29(35(32,33)21-8-5-4-6-9-21)17-23(30)25(31)28-13-20-12-27-22(14-26-20)24-10-7-11-34-24/h4-12,14,18-19,23H,13,15-17H2,1-3H3,(H,28,31)/t19-,23-/m1/s1. The van der Waals surface area contributed by atoms with Gasteiger partial charge in [-0.25, -0.2) is 13.4 Å². The molecule has 9 nitrogen and oxygen atoms in total. The fourth-order valence-corrected chi connectivity index (χ4v) is 5.82. The lowest BCUT2D eigenvalue weighted by Gasteiger charge is -2.44. The van der Waals surface area contributed by atoms with Crippen molar-refractivity contribution in [3.05, 3.63) is 66.8 Å². The molecule has 1 aliphatic heterocycles. The molecule has 3 heterocycles. The Morgan fingerprint density at radius 1 is 1.11 bits per heavy atom. The molecule has 0 unspecified atom stereocenters. The van der Waals surface area contributed by atoms with E-state index in [1.807, 2.05) is 6.92 Å². The van der Waals surface area contributed by atoms with Crippen LogP contribution in [0, 0.1) is 5.92 Å². The Kier molecular flexibility index (Phi) is 7.63. The van der Waals surface area contributed by atoms with Crippen molar-refractivity contribution in [2.75, 3.05) is 19.6 Å². The molecule has 4 rings (SSSR count). The van der Waals surface area contributed by atoms with E-state index in [0.29, 0.717) is 36.2 Å². The molecule has 10 heteroatoms. The van der Waals surface area contributed by atoms with Gasteiger partial charge < -0.3 is 9.73 Å². The minimum atomic E-state index is -3.71. The predicted octanol–water partition coefficient (Wildman–Crippen LogP) is 2.77. The summed E-state index contributed by atoms with van der Waals surface area (Å²) in [5.74, 6) is 0.709. The lowest BCUT2D eigenvalue weighted by Crippen LogP contribution is -2.63. The van der Waals surface area contributed by atoms with Gasteiger partial charge in [-0.05, 0) is 37.1 Å². The molecule has 1 aromatic carbocycles. The Balaban J connectivity index is 1.49. The number of piperazine rings is 1. The number of hydrogen-bond acceptors (Lipinski definition) is 7. The van der Waals surface area contributed by atoms with Crippen molar-refractivity contribution in [3.8, 4) is 11.5 Å². The zero-order valence-corrected chi connectivity index (χ0v) is 21.0. The van der Waals surface area contributed by atoms with E-state index in [2.05, 4.69) is 34.0 Å². The van der Waals surface area contributed by atoms with Crippen LogP contribution < -0.4 is 5.32 Å². The van der Waals surface area contributed by atoms with E-state index >= 15 is 0 Å². The van der Waals surface area contributed by atoms with Gasteiger partial charge in [0, 0.05) is 25.7 Å². The van der Waals surface area contributed by atoms with E-state index in [1.165, 1.54) is 4.31 Å². The van der Waals surface area contributed by atoms with Crippen molar-refractivity contribution < 1.29 is 17.6 Å². The number of amides is 1. The quantitative estimate of drug-likeness (QED) is 0.510. The highest BCUT2D eigenvalue weighted by Crippen LogP contribution is 2.24. The molecular weight excluding hydrogens is 466 g/mol. The fourth-order valence-electron chi connectivity index (χ4n) is 4.27. The summed E-state index contributed by atoms with van der Waals surface area (Å²) in [5.41, 5.74) is 1.21. The van der Waals surface area contributed by atoms with Crippen molar-refractivity contribution in [1.29, 1.82) is 0 Å². The van der Waals surface area contributed by atoms with Gasteiger partial charge >= 0.3 is 0 Å². The summed E-state index contributed by atoms with van der Waals surface area (Å²) in [7, 11) is -3.71. The zero-order chi connectivity index (χ0) is 25.0. The Labute approximate surface area is 206 Å². The van der Waals surface area contributed by atoms with E-state index in [0.717, 1.165) is 0 Å². The van der Waals surface area contributed by atoms with E-state index in [9.17, 15) is 13.2 Å². The molecule has 35 heavy (non-hydrogen) atoms. The van der Waals surface area contributed by atoms with Crippen LogP contribution in [-0.4, -0.2) is 65.2 Å². The number of rotatable bonds is 8. The molecule has 0 saturated carbocycles. The molecule has 186 valence electrons. The largest absolute Gasteiger partial charge is 0.463 e. The number of furan rings is 1. The van der Waals surface area contributed by atoms with Gasteiger partial charge in [-0.1, -0.05) is 32.0 Å². The van der Waals surface area contributed by atoms with Gasteiger partial charge in [0.25, 0.3) is 0 Å². The van der Waals surface area contributed by atoms with E-state index < -0.39 is 16.1 Å². The van der Waals surface area contributed by atoms with Crippen LogP contribution in [0.5, 0.6) is 0 Å². The lowest BCUT2D eigenvalue weighted by atomic mass is 10.0. The molecule has 0 radical (unpaired) electrons. The van der Waals surface area contributed by atoms with Gasteiger partial charge in [0.1, 0.15) is 11.7 Å². The second-order valence-corrected chi connectivity index (χ2v) is 11.1. The number of nitrogens with zero attached hydrogens (tertiary/aromatic N) is 4. The predicted molar refractivity (Wildman–Crippen MR) is 132 cm³/mol. The first-order valence-corrected chi connectivity index (χ1v) is 13.1. The average molecular weight is 498 g/mol. The van der Waals surface area contributed by atoms with Gasteiger partial charge in [0.05, 0.1) is 35.8 Å². The second kappa shape index (κ2) is 10.7. The fraction of sp³-hybridized carbons (Fsp3) is 0.400. The van der Waals surface area contributed by atoms with Crippen LogP contribution >= 0.6 is 0 Å². The van der Waals surface area contributed by atoms with Crippen LogP contribution in [0.2, 0.25) is 0 Å². The summed E-state index contributed by atoms with van der Waals surface area (Å²) in [6, 6.07) is 11.2. The molecule has 0 bridgehead atoms. The molecule has 2 atom stereocenters. The van der Waals surface area contributed by atoms with Crippen LogP contribution in [0.4, 0.5) is 0 Å². The van der Waals surface area contributed by atoms with Crippen molar-refractivity contribution in [2.45, 2.75) is 44.3 Å². The minimum Gasteiger partial charge on any atom is -0.463 e. The Morgan fingerprint density at radius 2 is 1.89 bits per heavy atom. The summed E-state index contributed by atoms with van der Waals surface area (Å²) in [6.45, 7) is 7.44. The molecule has 1 N–H and O–H groups in total. The van der Waals surface area contributed by atoms with Crippen LogP contribution in [0.1, 0.15) is 26.5 Å². The lowest BCUT2D eigenvalue weighted by molar-refractivity contribution is -0.129. The maximum atomic E-state index is 13.3. The van der Waals surface area contributed by atoms with Gasteiger partial charge in [0.15, 0.2) is 5.76 Å². The molecule has 0 aliphatic carbocycles.